The van der Waals surface area contributed by atoms with Gasteiger partial charge in [0.25, 0.3) is 5.91 Å². The van der Waals surface area contributed by atoms with Gasteiger partial charge < -0.3 is 14.7 Å². The van der Waals surface area contributed by atoms with Crippen LogP contribution in [0.2, 0.25) is 0 Å². The Kier molecular flexibility index (Phi) is 5.64. The second-order valence-corrected chi connectivity index (χ2v) is 10.7. The van der Waals surface area contributed by atoms with Crippen LogP contribution in [0, 0.1) is 23.2 Å². The molecule has 5 rings (SSSR count). The standard InChI is InChI=1S/C26H33N5O3/c1-15(24(32)31-20(12-27)9-19-10-22(19)31)13-29-14-21-11-23(29)26(34)30(21)16(2)17-5-7-18(8-6-17)25(33)28(3)4/h5-8,15-16,19-23H,9-11,13-14H2,1-4H3/t15-,16-,19+,20-,21+,22?,23+/m0/s1. The van der Waals surface area contributed by atoms with E-state index in [2.05, 4.69) is 11.0 Å². The molecule has 0 spiro atoms. The summed E-state index contributed by atoms with van der Waals surface area (Å²) in [5.41, 5.74) is 1.65. The Morgan fingerprint density at radius 3 is 2.47 bits per heavy atom. The van der Waals surface area contributed by atoms with E-state index in [-0.39, 0.29) is 53.8 Å². The highest BCUT2D eigenvalue weighted by molar-refractivity contribution is 5.94. The van der Waals surface area contributed by atoms with Crippen molar-refractivity contribution in [3.8, 4) is 6.07 Å². The summed E-state index contributed by atoms with van der Waals surface area (Å²) >= 11 is 0. The van der Waals surface area contributed by atoms with Gasteiger partial charge in [0, 0.05) is 50.7 Å². The number of piperidine rings is 1. The maximum absolute atomic E-state index is 13.3. The number of fused-ring (bicyclic) bond motifs is 3. The third-order valence-electron chi connectivity index (χ3n) is 8.22. The minimum atomic E-state index is -0.286. The molecule has 8 heteroatoms. The minimum Gasteiger partial charge on any atom is -0.345 e. The van der Waals surface area contributed by atoms with Crippen LogP contribution in [0.15, 0.2) is 24.3 Å². The van der Waals surface area contributed by atoms with Crippen molar-refractivity contribution < 1.29 is 14.4 Å². The number of amides is 3. The first-order valence-corrected chi connectivity index (χ1v) is 12.3. The number of piperazine rings is 1. The minimum absolute atomic E-state index is 0.0398. The van der Waals surface area contributed by atoms with E-state index in [0.29, 0.717) is 18.0 Å². The van der Waals surface area contributed by atoms with Gasteiger partial charge in [-0.05, 0) is 49.8 Å². The largest absolute Gasteiger partial charge is 0.345 e. The summed E-state index contributed by atoms with van der Waals surface area (Å²) in [7, 11) is 3.46. The molecule has 3 saturated heterocycles. The van der Waals surface area contributed by atoms with E-state index in [1.54, 1.807) is 19.0 Å². The molecule has 4 aliphatic rings. The van der Waals surface area contributed by atoms with Crippen molar-refractivity contribution >= 4 is 17.7 Å². The fraction of sp³-hybridized carbons (Fsp3) is 0.615. The Hall–Kier alpha value is -2.92. The van der Waals surface area contributed by atoms with Gasteiger partial charge >= 0.3 is 0 Å². The number of carbonyl (C=O) groups excluding carboxylic acids is 3. The highest BCUT2D eigenvalue weighted by atomic mass is 16.2. The molecule has 3 amide bonds. The third-order valence-corrected chi connectivity index (χ3v) is 8.22. The van der Waals surface area contributed by atoms with Gasteiger partial charge in [-0.1, -0.05) is 19.1 Å². The summed E-state index contributed by atoms with van der Waals surface area (Å²) in [5.74, 6) is 0.423. The Morgan fingerprint density at radius 1 is 1.15 bits per heavy atom. The van der Waals surface area contributed by atoms with Crippen LogP contribution >= 0.6 is 0 Å². The fourth-order valence-corrected chi connectivity index (χ4v) is 6.30. The number of benzene rings is 1. The van der Waals surface area contributed by atoms with Gasteiger partial charge in [0.15, 0.2) is 0 Å². The number of carbonyl (C=O) groups is 3. The Morgan fingerprint density at radius 2 is 1.85 bits per heavy atom. The first kappa shape index (κ1) is 22.9. The zero-order valence-electron chi connectivity index (χ0n) is 20.3. The van der Waals surface area contributed by atoms with Gasteiger partial charge in [-0.15, -0.1) is 0 Å². The molecule has 0 N–H and O–H groups in total. The van der Waals surface area contributed by atoms with Crippen molar-refractivity contribution in [1.29, 1.82) is 5.26 Å². The number of hydrogen-bond donors (Lipinski definition) is 0. The molecule has 1 unspecified atom stereocenters. The normalized spacial score (nSPS) is 31.3. The lowest BCUT2D eigenvalue weighted by Gasteiger charge is -2.38. The van der Waals surface area contributed by atoms with E-state index in [1.165, 1.54) is 0 Å². The number of nitrogens with zero attached hydrogens (tertiary/aromatic N) is 5. The van der Waals surface area contributed by atoms with Crippen molar-refractivity contribution in [2.45, 2.75) is 63.3 Å². The average Bonchev–Trinajstić information content (AvgIpc) is 3.15. The van der Waals surface area contributed by atoms with Gasteiger partial charge in [-0.3, -0.25) is 19.3 Å². The lowest BCUT2D eigenvalue weighted by atomic mass is 10.0. The molecule has 0 aromatic heterocycles. The summed E-state index contributed by atoms with van der Waals surface area (Å²) in [5, 5.41) is 9.43. The van der Waals surface area contributed by atoms with Crippen LogP contribution in [0.4, 0.5) is 0 Å². The number of likely N-dealkylation sites (tertiary alicyclic amines) is 3. The first-order valence-electron chi connectivity index (χ1n) is 12.3. The van der Waals surface area contributed by atoms with Gasteiger partial charge in [-0.2, -0.15) is 5.26 Å². The second-order valence-electron chi connectivity index (χ2n) is 10.7. The maximum atomic E-state index is 13.3. The monoisotopic (exact) mass is 463 g/mol. The Balaban J connectivity index is 1.21. The van der Waals surface area contributed by atoms with Gasteiger partial charge in [0.1, 0.15) is 6.04 Å². The van der Waals surface area contributed by atoms with Gasteiger partial charge in [-0.25, -0.2) is 0 Å². The van der Waals surface area contributed by atoms with Crippen LogP contribution < -0.4 is 0 Å². The van der Waals surface area contributed by atoms with Crippen LogP contribution in [-0.4, -0.2) is 88.7 Å². The Bertz CT molecular complexity index is 1050. The van der Waals surface area contributed by atoms with Crippen molar-refractivity contribution in [3.05, 3.63) is 35.4 Å². The molecule has 3 aliphatic heterocycles. The smallest absolute Gasteiger partial charge is 0.253 e. The molecule has 4 fully saturated rings. The van der Waals surface area contributed by atoms with Crippen molar-refractivity contribution in [2.24, 2.45) is 11.8 Å². The maximum Gasteiger partial charge on any atom is 0.253 e. The molecule has 180 valence electrons. The zero-order chi connectivity index (χ0) is 24.3. The molecular formula is C26H33N5O3. The summed E-state index contributed by atoms with van der Waals surface area (Å²) in [6.07, 6.45) is 2.63. The fourth-order valence-electron chi connectivity index (χ4n) is 6.30. The van der Waals surface area contributed by atoms with Gasteiger partial charge in [0.05, 0.1) is 18.2 Å². The van der Waals surface area contributed by atoms with Crippen LogP contribution in [0.3, 0.4) is 0 Å². The number of hydrogen-bond acceptors (Lipinski definition) is 5. The predicted molar refractivity (Wildman–Crippen MR) is 125 cm³/mol. The second kappa shape index (κ2) is 8.38. The Labute approximate surface area is 201 Å². The van der Waals surface area contributed by atoms with Crippen molar-refractivity contribution in [1.82, 2.24) is 19.6 Å². The van der Waals surface area contributed by atoms with Crippen LogP contribution in [0.1, 0.15) is 55.1 Å². The molecule has 34 heavy (non-hydrogen) atoms. The lowest BCUT2D eigenvalue weighted by Crippen LogP contribution is -2.53. The number of rotatable bonds is 6. The van der Waals surface area contributed by atoms with Crippen LogP contribution in [-0.2, 0) is 9.59 Å². The molecule has 3 heterocycles. The van der Waals surface area contributed by atoms with Crippen molar-refractivity contribution in [2.75, 3.05) is 27.2 Å². The molecule has 7 atom stereocenters. The summed E-state index contributed by atoms with van der Waals surface area (Å²) in [6, 6.07) is 9.66. The lowest BCUT2D eigenvalue weighted by molar-refractivity contribution is -0.142. The van der Waals surface area contributed by atoms with E-state index in [4.69, 9.17) is 0 Å². The van der Waals surface area contributed by atoms with E-state index < -0.39 is 0 Å². The predicted octanol–water partition coefficient (Wildman–Crippen LogP) is 1.88. The summed E-state index contributed by atoms with van der Waals surface area (Å²) in [4.78, 5) is 46.1. The summed E-state index contributed by atoms with van der Waals surface area (Å²) in [6.45, 7) is 5.30. The molecular weight excluding hydrogens is 430 g/mol. The SMILES string of the molecule is C[C@@H](CN1C[C@H]2C[C@@H]1C(=O)N2[C@@H](C)c1ccc(C(=O)N(C)C)cc1)C(=O)N1C2C[C@H]2C[C@H]1C#N. The average molecular weight is 464 g/mol. The number of nitriles is 1. The highest BCUT2D eigenvalue weighted by Crippen LogP contribution is 2.48. The molecule has 1 aliphatic carbocycles. The van der Waals surface area contributed by atoms with E-state index in [1.807, 2.05) is 47.9 Å². The molecule has 1 aromatic carbocycles. The molecule has 1 saturated carbocycles. The van der Waals surface area contributed by atoms with Gasteiger partial charge in [0.2, 0.25) is 11.8 Å². The third kappa shape index (κ3) is 3.67. The zero-order valence-corrected chi connectivity index (χ0v) is 20.3. The first-order chi connectivity index (χ1) is 16.2. The highest BCUT2D eigenvalue weighted by Gasteiger charge is 2.55. The molecule has 1 aromatic rings. The van der Waals surface area contributed by atoms with Crippen LogP contribution in [0.25, 0.3) is 0 Å². The van der Waals surface area contributed by atoms with Crippen LogP contribution in [0.5, 0.6) is 0 Å². The van der Waals surface area contributed by atoms with E-state index in [9.17, 15) is 19.6 Å². The van der Waals surface area contributed by atoms with E-state index in [0.717, 1.165) is 31.4 Å². The molecule has 8 nitrogen and oxygen atoms in total. The molecule has 0 radical (unpaired) electrons. The summed E-state index contributed by atoms with van der Waals surface area (Å²) < 4.78 is 0. The van der Waals surface area contributed by atoms with Crippen molar-refractivity contribution in [3.63, 3.8) is 0 Å². The topological polar surface area (TPSA) is 88.0 Å². The molecule has 2 bridgehead atoms. The van der Waals surface area contributed by atoms with E-state index >= 15 is 0 Å². The quantitative estimate of drug-likeness (QED) is 0.643.